The molecule has 0 saturated carbocycles. The summed E-state index contributed by atoms with van der Waals surface area (Å²) in [5, 5.41) is 11.2. The molecule has 140 valence electrons. The summed E-state index contributed by atoms with van der Waals surface area (Å²) in [5.74, 6) is -0.684. The summed E-state index contributed by atoms with van der Waals surface area (Å²) in [6.45, 7) is 0. The SMILES string of the molecule is O=C(Nn1c(O)c(C=C2C=Nc3ccccc32)sc1=S)c1ccc(Cl)cc1Cl. The molecule has 2 N–H and O–H groups in total. The maximum absolute atomic E-state index is 12.5. The molecule has 0 bridgehead atoms. The molecule has 0 spiro atoms. The highest BCUT2D eigenvalue weighted by molar-refractivity contribution is 7.73. The number of nitrogens with zero attached hydrogens (tertiary/aromatic N) is 2. The summed E-state index contributed by atoms with van der Waals surface area (Å²) in [7, 11) is 0. The first-order valence-electron chi connectivity index (χ1n) is 8.00. The highest BCUT2D eigenvalue weighted by Gasteiger charge is 2.18. The van der Waals surface area contributed by atoms with Crippen molar-refractivity contribution in [3.63, 3.8) is 0 Å². The van der Waals surface area contributed by atoms with E-state index in [2.05, 4.69) is 10.4 Å². The van der Waals surface area contributed by atoms with Crippen LogP contribution in [0.1, 0.15) is 20.8 Å². The molecule has 1 aromatic heterocycles. The number of aromatic hydroxyl groups is 1. The average molecular weight is 448 g/mol. The summed E-state index contributed by atoms with van der Waals surface area (Å²) < 4.78 is 1.43. The van der Waals surface area contributed by atoms with Crippen molar-refractivity contribution in [3.05, 3.63) is 72.5 Å². The lowest BCUT2D eigenvalue weighted by Crippen LogP contribution is -2.22. The maximum atomic E-state index is 12.5. The quantitative estimate of drug-likeness (QED) is 0.488. The van der Waals surface area contributed by atoms with Gasteiger partial charge in [0.15, 0.2) is 3.95 Å². The second-order valence-corrected chi connectivity index (χ2v) is 8.35. The van der Waals surface area contributed by atoms with E-state index in [0.29, 0.717) is 9.90 Å². The number of thiazole rings is 1. The number of carbonyl (C=O) groups is 1. The molecule has 2 aromatic carbocycles. The molecule has 0 aliphatic carbocycles. The van der Waals surface area contributed by atoms with Crippen molar-refractivity contribution in [2.24, 2.45) is 4.99 Å². The monoisotopic (exact) mass is 447 g/mol. The number of carbonyl (C=O) groups excluding carboxylic acids is 1. The van der Waals surface area contributed by atoms with Gasteiger partial charge in [-0.25, -0.2) is 0 Å². The van der Waals surface area contributed by atoms with E-state index in [-0.39, 0.29) is 20.4 Å². The number of hydrogen-bond donors (Lipinski definition) is 2. The lowest BCUT2D eigenvalue weighted by molar-refractivity contribution is 0.101. The number of hydrogen-bond acceptors (Lipinski definition) is 5. The Hall–Kier alpha value is -2.45. The standard InChI is InChI=1S/C19H11Cl2N3O2S2/c20-11-5-6-13(14(21)8-11)17(25)23-24-18(26)16(28-19(24)27)7-10-9-22-15-4-2-1-3-12(10)15/h1-9,26H,(H,23,25). The predicted octanol–water partition coefficient (Wildman–Crippen LogP) is 5.93. The van der Waals surface area contributed by atoms with E-state index in [1.54, 1.807) is 18.4 Å². The smallest absolute Gasteiger partial charge is 0.271 e. The van der Waals surface area contributed by atoms with E-state index in [4.69, 9.17) is 35.4 Å². The minimum Gasteiger partial charge on any atom is -0.492 e. The number of benzene rings is 2. The van der Waals surface area contributed by atoms with Crippen LogP contribution in [0.2, 0.25) is 10.0 Å². The summed E-state index contributed by atoms with van der Waals surface area (Å²) in [5.41, 5.74) is 5.46. The third-order valence-electron chi connectivity index (χ3n) is 4.05. The minimum absolute atomic E-state index is 0.168. The van der Waals surface area contributed by atoms with Crippen LogP contribution in [0.5, 0.6) is 5.88 Å². The predicted molar refractivity (Wildman–Crippen MR) is 117 cm³/mol. The van der Waals surface area contributed by atoms with Crippen LogP contribution in [0.25, 0.3) is 11.6 Å². The molecular weight excluding hydrogens is 437 g/mol. The molecule has 1 aliphatic rings. The number of para-hydroxylation sites is 1. The first-order chi connectivity index (χ1) is 13.4. The first-order valence-corrected chi connectivity index (χ1v) is 9.98. The van der Waals surface area contributed by atoms with Crippen molar-refractivity contribution in [1.29, 1.82) is 0 Å². The molecule has 28 heavy (non-hydrogen) atoms. The summed E-state index contributed by atoms with van der Waals surface area (Å²) >= 11 is 18.4. The van der Waals surface area contributed by atoms with E-state index in [1.165, 1.54) is 23.5 Å². The van der Waals surface area contributed by atoms with Gasteiger partial charge in [0, 0.05) is 22.4 Å². The molecule has 0 unspecified atom stereocenters. The van der Waals surface area contributed by atoms with Gasteiger partial charge in [-0.3, -0.25) is 15.2 Å². The van der Waals surface area contributed by atoms with Gasteiger partial charge < -0.3 is 5.11 Å². The number of halogens is 2. The normalized spacial score (nSPS) is 13.7. The first kappa shape index (κ1) is 18.9. The lowest BCUT2D eigenvalue weighted by atomic mass is 10.1. The van der Waals surface area contributed by atoms with Crippen molar-refractivity contribution in [2.75, 3.05) is 5.43 Å². The number of rotatable bonds is 3. The molecule has 0 fully saturated rings. The Labute approximate surface area is 179 Å². The highest BCUT2D eigenvalue weighted by atomic mass is 35.5. The van der Waals surface area contributed by atoms with Crippen LogP contribution in [0.15, 0.2) is 47.5 Å². The minimum atomic E-state index is -0.516. The van der Waals surface area contributed by atoms with Gasteiger partial charge in [-0.05, 0) is 42.6 Å². The zero-order valence-corrected chi connectivity index (χ0v) is 17.2. The van der Waals surface area contributed by atoms with Crippen LogP contribution >= 0.6 is 46.8 Å². The molecular formula is C19H11Cl2N3O2S2. The van der Waals surface area contributed by atoms with E-state index in [9.17, 15) is 9.90 Å². The van der Waals surface area contributed by atoms with E-state index >= 15 is 0 Å². The molecule has 0 atom stereocenters. The van der Waals surface area contributed by atoms with Crippen LogP contribution in [0, 0.1) is 3.95 Å². The fraction of sp³-hybridized carbons (Fsp3) is 0. The number of aliphatic imine (C=N–C) groups is 1. The molecule has 1 aliphatic heterocycles. The molecule has 9 heteroatoms. The van der Waals surface area contributed by atoms with Crippen molar-refractivity contribution in [1.82, 2.24) is 4.68 Å². The van der Waals surface area contributed by atoms with Crippen molar-refractivity contribution in [2.45, 2.75) is 0 Å². The van der Waals surface area contributed by atoms with Gasteiger partial charge in [-0.1, -0.05) is 52.7 Å². The molecule has 0 radical (unpaired) electrons. The Morgan fingerprint density at radius 2 is 2.04 bits per heavy atom. The lowest BCUT2D eigenvalue weighted by Gasteiger charge is -2.09. The van der Waals surface area contributed by atoms with Crippen LogP contribution in [-0.4, -0.2) is 21.9 Å². The number of amides is 1. The van der Waals surface area contributed by atoms with Crippen LogP contribution in [-0.2, 0) is 0 Å². The molecule has 0 saturated heterocycles. The molecule has 4 rings (SSSR count). The third-order valence-corrected chi connectivity index (χ3v) is 5.90. The fourth-order valence-electron chi connectivity index (χ4n) is 2.71. The zero-order chi connectivity index (χ0) is 19.8. The Morgan fingerprint density at radius 3 is 2.82 bits per heavy atom. The van der Waals surface area contributed by atoms with Gasteiger partial charge in [0.05, 0.1) is 21.2 Å². The Bertz CT molecular complexity index is 1230. The number of aromatic nitrogens is 1. The summed E-state index contributed by atoms with van der Waals surface area (Å²) in [4.78, 5) is 17.4. The second-order valence-electron chi connectivity index (χ2n) is 5.83. The van der Waals surface area contributed by atoms with Gasteiger partial charge >= 0.3 is 0 Å². The Balaban J connectivity index is 1.66. The van der Waals surface area contributed by atoms with E-state index < -0.39 is 5.91 Å². The maximum Gasteiger partial charge on any atom is 0.271 e. The third kappa shape index (κ3) is 3.49. The van der Waals surface area contributed by atoms with E-state index in [0.717, 1.165) is 21.5 Å². The van der Waals surface area contributed by atoms with Crippen LogP contribution in [0.4, 0.5) is 5.69 Å². The largest absolute Gasteiger partial charge is 0.492 e. The highest BCUT2D eigenvalue weighted by Crippen LogP contribution is 2.35. The number of nitrogens with one attached hydrogen (secondary N) is 1. The Morgan fingerprint density at radius 1 is 1.25 bits per heavy atom. The van der Waals surface area contributed by atoms with Gasteiger partial charge in [0.1, 0.15) is 0 Å². The van der Waals surface area contributed by atoms with Gasteiger partial charge in [0.25, 0.3) is 5.91 Å². The zero-order valence-electron chi connectivity index (χ0n) is 14.0. The van der Waals surface area contributed by atoms with Crippen molar-refractivity contribution in [3.8, 4) is 5.88 Å². The summed E-state index contributed by atoms with van der Waals surface area (Å²) in [6.07, 6.45) is 3.51. The van der Waals surface area contributed by atoms with Crippen LogP contribution < -0.4 is 5.43 Å². The molecule has 1 amide bonds. The average Bonchev–Trinajstić information content (AvgIpc) is 3.18. The number of fused-ring (bicyclic) bond motifs is 1. The topological polar surface area (TPSA) is 66.6 Å². The van der Waals surface area contributed by atoms with Gasteiger partial charge in [-0.2, -0.15) is 4.68 Å². The van der Waals surface area contributed by atoms with E-state index in [1.807, 2.05) is 24.3 Å². The fourth-order valence-corrected chi connectivity index (χ4v) is 4.38. The summed E-state index contributed by atoms with van der Waals surface area (Å²) in [6, 6.07) is 12.2. The van der Waals surface area contributed by atoms with Gasteiger partial charge in [0.2, 0.25) is 5.88 Å². The second kappa shape index (κ2) is 7.52. The van der Waals surface area contributed by atoms with Crippen molar-refractivity contribution >= 4 is 76.2 Å². The number of allylic oxidation sites excluding steroid dienone is 1. The molecule has 5 nitrogen and oxygen atoms in total. The Kier molecular flexibility index (Phi) is 5.07. The molecule has 2 heterocycles. The van der Waals surface area contributed by atoms with Crippen molar-refractivity contribution < 1.29 is 9.90 Å². The van der Waals surface area contributed by atoms with Crippen LogP contribution in [0.3, 0.4) is 0 Å². The molecule has 3 aromatic rings. The van der Waals surface area contributed by atoms with Gasteiger partial charge in [-0.15, -0.1) is 0 Å².